The number of hydrogen-bond donors (Lipinski definition) is 0. The molecule has 0 saturated carbocycles. The highest BCUT2D eigenvalue weighted by molar-refractivity contribution is 5.85. The van der Waals surface area contributed by atoms with E-state index in [4.69, 9.17) is 0 Å². The van der Waals surface area contributed by atoms with E-state index < -0.39 is 18.0 Å². The summed E-state index contributed by atoms with van der Waals surface area (Å²) in [5, 5.41) is 0. The molecule has 0 atom stereocenters. The molecule has 1 amide bonds. The Morgan fingerprint density at radius 1 is 1.00 bits per heavy atom. The molecule has 1 aromatic rings. The summed E-state index contributed by atoms with van der Waals surface area (Å²) in [6.45, 7) is -0.443. The molecule has 0 aromatic heterocycles. The number of halogens is 5. The van der Waals surface area contributed by atoms with E-state index in [0.717, 1.165) is 0 Å². The Bertz CT molecular complexity index is 458. The van der Waals surface area contributed by atoms with Crippen LogP contribution in [0.4, 0.5) is 22.0 Å². The van der Waals surface area contributed by atoms with Crippen molar-refractivity contribution in [2.24, 2.45) is 0 Å². The number of benzene rings is 1. The zero-order chi connectivity index (χ0) is 13.6. The summed E-state index contributed by atoms with van der Waals surface area (Å²) in [5.74, 6) is -7.54. The molecule has 0 bridgehead atoms. The van der Waals surface area contributed by atoms with Gasteiger partial charge in [0.1, 0.15) is 0 Å². The van der Waals surface area contributed by atoms with Crippen LogP contribution in [-0.2, 0) is 17.9 Å². The molecular weight excluding hydrogens is 257 g/mol. The lowest BCUT2D eigenvalue weighted by molar-refractivity contribution is -0.274. The minimum absolute atomic E-state index is 0.222. The molecule has 7 heteroatoms. The molecule has 1 aliphatic rings. The van der Waals surface area contributed by atoms with Crippen molar-refractivity contribution in [3.05, 3.63) is 35.4 Å². The van der Waals surface area contributed by atoms with Gasteiger partial charge in [-0.05, 0) is 11.1 Å². The standard InChI is InChI=1S/C11H8F5NO/c12-10(13,11(14,15)16)9(18)17-5-7-3-1-2-4-8(7)6-17/h1-4H,5-6H2. The van der Waals surface area contributed by atoms with Crippen LogP contribution >= 0.6 is 0 Å². The third-order valence-electron chi connectivity index (χ3n) is 2.75. The molecule has 0 unspecified atom stereocenters. The topological polar surface area (TPSA) is 20.3 Å². The van der Waals surface area contributed by atoms with Crippen LogP contribution in [0.15, 0.2) is 24.3 Å². The first-order chi connectivity index (χ1) is 8.23. The van der Waals surface area contributed by atoms with Crippen molar-refractivity contribution in [3.63, 3.8) is 0 Å². The van der Waals surface area contributed by atoms with Gasteiger partial charge in [-0.3, -0.25) is 4.79 Å². The molecule has 0 spiro atoms. The van der Waals surface area contributed by atoms with Gasteiger partial charge in [-0.2, -0.15) is 22.0 Å². The van der Waals surface area contributed by atoms with Gasteiger partial charge in [0.15, 0.2) is 0 Å². The number of alkyl halides is 5. The molecule has 0 N–H and O–H groups in total. The van der Waals surface area contributed by atoms with Gasteiger partial charge in [-0.25, -0.2) is 0 Å². The number of amides is 1. The van der Waals surface area contributed by atoms with Crippen LogP contribution in [0, 0.1) is 0 Å². The second-order valence-electron chi connectivity index (χ2n) is 4.00. The summed E-state index contributed by atoms with van der Waals surface area (Å²) in [6.07, 6.45) is -5.86. The van der Waals surface area contributed by atoms with E-state index >= 15 is 0 Å². The Balaban J connectivity index is 2.20. The average molecular weight is 265 g/mol. The van der Waals surface area contributed by atoms with Crippen LogP contribution < -0.4 is 0 Å². The van der Waals surface area contributed by atoms with E-state index in [-0.39, 0.29) is 13.1 Å². The lowest BCUT2D eigenvalue weighted by atomic mass is 10.1. The maximum absolute atomic E-state index is 12.9. The van der Waals surface area contributed by atoms with Gasteiger partial charge >= 0.3 is 18.0 Å². The minimum atomic E-state index is -5.86. The SMILES string of the molecule is O=C(N1Cc2ccccc2C1)C(F)(F)C(F)(F)F. The molecule has 1 aliphatic heterocycles. The third kappa shape index (κ3) is 1.93. The van der Waals surface area contributed by atoms with E-state index in [0.29, 0.717) is 16.0 Å². The van der Waals surface area contributed by atoms with Gasteiger partial charge in [-0.1, -0.05) is 24.3 Å². The highest BCUT2D eigenvalue weighted by atomic mass is 19.4. The average Bonchev–Trinajstić information content (AvgIpc) is 2.69. The van der Waals surface area contributed by atoms with Gasteiger partial charge in [0, 0.05) is 13.1 Å². The molecule has 2 nitrogen and oxygen atoms in total. The molecule has 98 valence electrons. The fourth-order valence-corrected chi connectivity index (χ4v) is 1.80. The van der Waals surface area contributed by atoms with E-state index in [1.165, 1.54) is 0 Å². The van der Waals surface area contributed by atoms with E-state index in [2.05, 4.69) is 0 Å². The summed E-state index contributed by atoms with van der Waals surface area (Å²) in [7, 11) is 0. The number of fused-ring (bicyclic) bond motifs is 1. The molecule has 1 aromatic carbocycles. The smallest absolute Gasteiger partial charge is 0.328 e. The van der Waals surface area contributed by atoms with Crippen molar-refractivity contribution in [3.8, 4) is 0 Å². The predicted molar refractivity (Wildman–Crippen MR) is 51.7 cm³/mol. The monoisotopic (exact) mass is 265 g/mol. The first-order valence-corrected chi connectivity index (χ1v) is 5.04. The lowest BCUT2D eigenvalue weighted by Gasteiger charge is -2.24. The van der Waals surface area contributed by atoms with Crippen molar-refractivity contribution in [1.82, 2.24) is 4.90 Å². The molecular formula is C11H8F5NO. The van der Waals surface area contributed by atoms with Crippen LogP contribution in [-0.4, -0.2) is 22.9 Å². The zero-order valence-electron chi connectivity index (χ0n) is 8.97. The van der Waals surface area contributed by atoms with Gasteiger partial charge in [0.25, 0.3) is 0 Å². The highest BCUT2D eigenvalue weighted by Crippen LogP contribution is 2.38. The fraction of sp³-hybridized carbons (Fsp3) is 0.364. The zero-order valence-corrected chi connectivity index (χ0v) is 8.97. The summed E-state index contributed by atoms with van der Waals surface area (Å²) < 4.78 is 62.0. The van der Waals surface area contributed by atoms with Gasteiger partial charge in [0.05, 0.1) is 0 Å². The number of carbonyl (C=O) groups excluding carboxylic acids is 1. The first kappa shape index (κ1) is 12.8. The Morgan fingerprint density at radius 2 is 1.44 bits per heavy atom. The Morgan fingerprint density at radius 3 is 1.83 bits per heavy atom. The van der Waals surface area contributed by atoms with E-state index in [9.17, 15) is 26.7 Å². The van der Waals surface area contributed by atoms with Crippen LogP contribution in [0.3, 0.4) is 0 Å². The predicted octanol–water partition coefficient (Wildman–Crippen LogP) is 2.73. The van der Waals surface area contributed by atoms with Crippen molar-refractivity contribution < 1.29 is 26.7 Å². The molecule has 0 fully saturated rings. The van der Waals surface area contributed by atoms with Crippen LogP contribution in [0.5, 0.6) is 0 Å². The lowest BCUT2D eigenvalue weighted by Crippen LogP contribution is -2.50. The number of carbonyl (C=O) groups is 1. The minimum Gasteiger partial charge on any atom is -0.328 e. The Labute approximate surface area is 99.0 Å². The quantitative estimate of drug-likeness (QED) is 0.715. The van der Waals surface area contributed by atoms with Crippen LogP contribution in [0.2, 0.25) is 0 Å². The third-order valence-corrected chi connectivity index (χ3v) is 2.75. The highest BCUT2D eigenvalue weighted by Gasteiger charge is 2.64. The van der Waals surface area contributed by atoms with Gasteiger partial charge in [0.2, 0.25) is 0 Å². The number of rotatable bonds is 1. The second-order valence-corrected chi connectivity index (χ2v) is 4.00. The van der Waals surface area contributed by atoms with E-state index in [1.807, 2.05) is 0 Å². The first-order valence-electron chi connectivity index (χ1n) is 5.04. The van der Waals surface area contributed by atoms with Crippen molar-refractivity contribution in [1.29, 1.82) is 0 Å². The molecule has 1 heterocycles. The Kier molecular flexibility index (Phi) is 2.79. The summed E-state index contributed by atoms with van der Waals surface area (Å²) >= 11 is 0. The fourth-order valence-electron chi connectivity index (χ4n) is 1.80. The van der Waals surface area contributed by atoms with Crippen molar-refractivity contribution >= 4 is 5.91 Å². The summed E-state index contributed by atoms with van der Waals surface area (Å²) in [6, 6.07) is 6.45. The molecule has 0 aliphatic carbocycles. The van der Waals surface area contributed by atoms with Crippen LogP contribution in [0.1, 0.15) is 11.1 Å². The largest absolute Gasteiger partial charge is 0.463 e. The van der Waals surface area contributed by atoms with Gasteiger partial charge < -0.3 is 4.90 Å². The van der Waals surface area contributed by atoms with Crippen molar-refractivity contribution in [2.45, 2.75) is 25.2 Å². The van der Waals surface area contributed by atoms with Crippen LogP contribution in [0.25, 0.3) is 0 Å². The normalized spacial score (nSPS) is 15.7. The molecule has 18 heavy (non-hydrogen) atoms. The summed E-state index contributed by atoms with van der Waals surface area (Å²) in [4.78, 5) is 11.8. The Hall–Kier alpha value is -1.66. The second kappa shape index (κ2) is 3.93. The van der Waals surface area contributed by atoms with Crippen molar-refractivity contribution in [2.75, 3.05) is 0 Å². The summed E-state index contributed by atoms with van der Waals surface area (Å²) in [5.41, 5.74) is 1.17. The number of nitrogens with zero attached hydrogens (tertiary/aromatic N) is 1. The van der Waals surface area contributed by atoms with Gasteiger partial charge in [-0.15, -0.1) is 0 Å². The molecule has 0 saturated heterocycles. The molecule has 2 rings (SSSR count). The number of hydrogen-bond acceptors (Lipinski definition) is 1. The maximum Gasteiger partial charge on any atom is 0.463 e. The van der Waals surface area contributed by atoms with E-state index in [1.54, 1.807) is 24.3 Å². The molecule has 0 radical (unpaired) electrons. The maximum atomic E-state index is 12.9.